The third-order valence-electron chi connectivity index (χ3n) is 2.56. The highest BCUT2D eigenvalue weighted by atomic mass is 79.9. The van der Waals surface area contributed by atoms with E-state index in [-0.39, 0.29) is 5.84 Å². The molecular formula is C14H13BrN2S. The molecule has 0 saturated heterocycles. The SMILES string of the molecule is Cc1ccccc1Sc1cccc(Br)c1C(=N)N. The standard InChI is InChI=1S/C14H13BrN2S/c1-9-5-2-3-7-11(9)18-12-8-4-6-10(15)13(12)14(16)17/h2-8H,1H3,(H3,16,17). The Morgan fingerprint density at radius 3 is 2.44 bits per heavy atom. The summed E-state index contributed by atoms with van der Waals surface area (Å²) in [6.45, 7) is 2.08. The number of rotatable bonds is 3. The van der Waals surface area contributed by atoms with Gasteiger partial charge in [0.25, 0.3) is 0 Å². The summed E-state index contributed by atoms with van der Waals surface area (Å²) in [7, 11) is 0. The second kappa shape index (κ2) is 5.59. The van der Waals surface area contributed by atoms with Crippen LogP contribution in [0.5, 0.6) is 0 Å². The molecule has 0 heterocycles. The molecule has 2 rings (SSSR count). The molecule has 2 aromatic rings. The highest BCUT2D eigenvalue weighted by Crippen LogP contribution is 2.35. The molecular weight excluding hydrogens is 308 g/mol. The van der Waals surface area contributed by atoms with Crippen molar-refractivity contribution in [3.05, 3.63) is 58.1 Å². The average Bonchev–Trinajstić information content (AvgIpc) is 2.31. The number of amidine groups is 1. The summed E-state index contributed by atoms with van der Waals surface area (Å²) in [4.78, 5) is 2.17. The van der Waals surface area contributed by atoms with Crippen LogP contribution >= 0.6 is 27.7 Å². The maximum Gasteiger partial charge on any atom is 0.125 e. The van der Waals surface area contributed by atoms with Crippen LogP contribution in [-0.2, 0) is 0 Å². The average molecular weight is 321 g/mol. The van der Waals surface area contributed by atoms with E-state index in [9.17, 15) is 0 Å². The van der Waals surface area contributed by atoms with Crippen molar-refractivity contribution in [1.82, 2.24) is 0 Å². The topological polar surface area (TPSA) is 49.9 Å². The van der Waals surface area contributed by atoms with Crippen molar-refractivity contribution in [3.63, 3.8) is 0 Å². The number of nitrogens with two attached hydrogens (primary N) is 1. The van der Waals surface area contributed by atoms with Crippen LogP contribution < -0.4 is 5.73 Å². The fourth-order valence-corrected chi connectivity index (χ4v) is 3.43. The summed E-state index contributed by atoms with van der Waals surface area (Å²) in [6, 6.07) is 14.0. The van der Waals surface area contributed by atoms with Crippen molar-refractivity contribution in [3.8, 4) is 0 Å². The molecule has 0 aliphatic heterocycles. The third kappa shape index (κ3) is 2.76. The van der Waals surface area contributed by atoms with Crippen molar-refractivity contribution in [2.75, 3.05) is 0 Å². The minimum Gasteiger partial charge on any atom is -0.384 e. The van der Waals surface area contributed by atoms with Crippen LogP contribution in [0.4, 0.5) is 0 Å². The van der Waals surface area contributed by atoms with Gasteiger partial charge >= 0.3 is 0 Å². The molecule has 92 valence electrons. The zero-order chi connectivity index (χ0) is 13.1. The molecule has 0 unspecified atom stereocenters. The van der Waals surface area contributed by atoms with Gasteiger partial charge in [-0.3, -0.25) is 5.41 Å². The Morgan fingerprint density at radius 1 is 1.11 bits per heavy atom. The normalized spacial score (nSPS) is 10.3. The Hall–Kier alpha value is -1.26. The second-order valence-corrected chi connectivity index (χ2v) is 5.83. The van der Waals surface area contributed by atoms with E-state index in [4.69, 9.17) is 11.1 Å². The van der Waals surface area contributed by atoms with Crippen LogP contribution in [0.15, 0.2) is 56.7 Å². The number of nitrogens with one attached hydrogen (secondary N) is 1. The van der Waals surface area contributed by atoms with Gasteiger partial charge in [0, 0.05) is 19.8 Å². The molecule has 0 bridgehead atoms. The molecule has 4 heteroatoms. The molecule has 0 aromatic heterocycles. The first kappa shape index (κ1) is 13.2. The molecule has 0 aliphatic carbocycles. The number of nitrogen functional groups attached to an aromatic ring is 1. The van der Waals surface area contributed by atoms with Gasteiger partial charge in [0.05, 0.1) is 0 Å². The van der Waals surface area contributed by atoms with Crippen LogP contribution in [-0.4, -0.2) is 5.84 Å². The molecule has 0 atom stereocenters. The van der Waals surface area contributed by atoms with E-state index in [0.29, 0.717) is 0 Å². The third-order valence-corrected chi connectivity index (χ3v) is 4.46. The van der Waals surface area contributed by atoms with Crippen molar-refractivity contribution in [1.29, 1.82) is 5.41 Å². The number of aryl methyl sites for hydroxylation is 1. The lowest BCUT2D eigenvalue weighted by Crippen LogP contribution is -2.13. The molecule has 0 aliphatic rings. The maximum absolute atomic E-state index is 7.67. The van der Waals surface area contributed by atoms with E-state index in [1.54, 1.807) is 11.8 Å². The van der Waals surface area contributed by atoms with Gasteiger partial charge in [0.2, 0.25) is 0 Å². The zero-order valence-corrected chi connectivity index (χ0v) is 12.3. The Labute approximate surface area is 119 Å². The fourth-order valence-electron chi connectivity index (χ4n) is 1.64. The minimum atomic E-state index is 0.0820. The summed E-state index contributed by atoms with van der Waals surface area (Å²) >= 11 is 5.08. The first-order chi connectivity index (χ1) is 8.59. The Bertz CT molecular complexity index is 596. The summed E-state index contributed by atoms with van der Waals surface area (Å²) in [5.74, 6) is 0.0820. The number of benzene rings is 2. The first-order valence-electron chi connectivity index (χ1n) is 5.46. The molecule has 2 aromatic carbocycles. The van der Waals surface area contributed by atoms with Gasteiger partial charge in [-0.2, -0.15) is 0 Å². The largest absolute Gasteiger partial charge is 0.384 e. The summed E-state index contributed by atoms with van der Waals surface area (Å²) < 4.78 is 0.855. The number of hydrogen-bond donors (Lipinski definition) is 2. The lowest BCUT2D eigenvalue weighted by molar-refractivity contribution is 1.27. The van der Waals surface area contributed by atoms with Gasteiger partial charge in [-0.15, -0.1) is 0 Å². The van der Waals surface area contributed by atoms with Gasteiger partial charge in [0.1, 0.15) is 5.84 Å². The van der Waals surface area contributed by atoms with Crippen molar-refractivity contribution in [2.24, 2.45) is 5.73 Å². The van der Waals surface area contributed by atoms with Gasteiger partial charge in [0.15, 0.2) is 0 Å². The highest BCUT2D eigenvalue weighted by Gasteiger charge is 2.11. The lowest BCUT2D eigenvalue weighted by atomic mass is 10.2. The zero-order valence-electron chi connectivity index (χ0n) is 9.91. The molecule has 0 fully saturated rings. The van der Waals surface area contributed by atoms with Crippen molar-refractivity contribution >= 4 is 33.5 Å². The van der Waals surface area contributed by atoms with Crippen LogP contribution in [0.2, 0.25) is 0 Å². The maximum atomic E-state index is 7.67. The van der Waals surface area contributed by atoms with Crippen LogP contribution in [0, 0.1) is 12.3 Å². The van der Waals surface area contributed by atoms with Crippen molar-refractivity contribution in [2.45, 2.75) is 16.7 Å². The van der Waals surface area contributed by atoms with Gasteiger partial charge < -0.3 is 5.73 Å². The van der Waals surface area contributed by atoms with E-state index in [0.717, 1.165) is 14.9 Å². The van der Waals surface area contributed by atoms with E-state index in [2.05, 4.69) is 35.0 Å². The monoisotopic (exact) mass is 320 g/mol. The molecule has 18 heavy (non-hydrogen) atoms. The van der Waals surface area contributed by atoms with Gasteiger partial charge in [-0.25, -0.2) is 0 Å². The molecule has 0 amide bonds. The Kier molecular flexibility index (Phi) is 4.09. The van der Waals surface area contributed by atoms with E-state index >= 15 is 0 Å². The second-order valence-electron chi connectivity index (χ2n) is 3.89. The molecule has 0 radical (unpaired) electrons. The van der Waals surface area contributed by atoms with E-state index in [1.807, 2.05) is 30.3 Å². The highest BCUT2D eigenvalue weighted by molar-refractivity contribution is 9.10. The molecule has 0 spiro atoms. The van der Waals surface area contributed by atoms with E-state index < -0.39 is 0 Å². The predicted molar refractivity (Wildman–Crippen MR) is 80.5 cm³/mol. The molecule has 3 N–H and O–H groups in total. The van der Waals surface area contributed by atoms with Crippen LogP contribution in [0.1, 0.15) is 11.1 Å². The smallest absolute Gasteiger partial charge is 0.125 e. The Balaban J connectivity index is 2.44. The number of hydrogen-bond acceptors (Lipinski definition) is 2. The Morgan fingerprint density at radius 2 is 1.78 bits per heavy atom. The summed E-state index contributed by atoms with van der Waals surface area (Å²) in [5.41, 5.74) is 7.62. The van der Waals surface area contributed by atoms with Gasteiger partial charge in [-0.05, 0) is 46.6 Å². The lowest BCUT2D eigenvalue weighted by Gasteiger charge is -2.11. The van der Waals surface area contributed by atoms with Crippen molar-refractivity contribution < 1.29 is 0 Å². The van der Waals surface area contributed by atoms with Crippen LogP contribution in [0.25, 0.3) is 0 Å². The molecule has 2 nitrogen and oxygen atoms in total. The first-order valence-corrected chi connectivity index (χ1v) is 7.07. The summed E-state index contributed by atoms with van der Waals surface area (Å²) in [6.07, 6.45) is 0. The van der Waals surface area contributed by atoms with Gasteiger partial charge in [-0.1, -0.05) is 36.0 Å². The number of halogens is 1. The summed E-state index contributed by atoms with van der Waals surface area (Å²) in [5, 5.41) is 7.67. The van der Waals surface area contributed by atoms with E-state index in [1.165, 1.54) is 10.5 Å². The fraction of sp³-hybridized carbons (Fsp3) is 0.0714. The quantitative estimate of drug-likeness (QED) is 0.658. The predicted octanol–water partition coefficient (Wildman–Crippen LogP) is 4.19. The molecule has 0 saturated carbocycles. The minimum absolute atomic E-state index is 0.0820. The van der Waals surface area contributed by atoms with Crippen LogP contribution in [0.3, 0.4) is 0 Å².